The molecule has 12 heteroatoms. The van der Waals surface area contributed by atoms with Crippen molar-refractivity contribution in [3.05, 3.63) is 58.9 Å². The second-order valence-corrected chi connectivity index (χ2v) is 11.5. The zero-order chi connectivity index (χ0) is 29.5. The molecule has 2 atom stereocenters. The molecule has 4 aromatic rings. The lowest BCUT2D eigenvalue weighted by Gasteiger charge is -2.38. The average Bonchev–Trinajstić information content (AvgIpc) is 3.61. The Hall–Kier alpha value is -4.06. The van der Waals surface area contributed by atoms with E-state index in [2.05, 4.69) is 17.0 Å². The van der Waals surface area contributed by atoms with Gasteiger partial charge in [0, 0.05) is 37.4 Å². The van der Waals surface area contributed by atoms with Gasteiger partial charge in [0.2, 0.25) is 0 Å². The first-order valence-corrected chi connectivity index (χ1v) is 14.6. The number of methoxy groups -OCH3 is 2. The molecule has 1 aliphatic heterocycles. The lowest BCUT2D eigenvalue weighted by Crippen LogP contribution is -2.45. The molecule has 0 bridgehead atoms. The summed E-state index contributed by atoms with van der Waals surface area (Å²) in [6, 6.07) is 6.97. The Bertz CT molecular complexity index is 1650. The van der Waals surface area contributed by atoms with Gasteiger partial charge < -0.3 is 23.6 Å². The molecule has 0 N–H and O–H groups in total. The summed E-state index contributed by atoms with van der Waals surface area (Å²) in [5.41, 5.74) is 0.464. The fraction of sp³-hybridized carbons (Fsp3) is 0.400. The van der Waals surface area contributed by atoms with Crippen molar-refractivity contribution in [1.29, 1.82) is 0 Å². The molecular weight excluding hydrogens is 568 g/mol. The Morgan fingerprint density at radius 2 is 1.88 bits per heavy atom. The van der Waals surface area contributed by atoms with Crippen molar-refractivity contribution >= 4 is 38.6 Å². The van der Waals surface area contributed by atoms with Gasteiger partial charge in [0.1, 0.15) is 40.3 Å². The third-order valence-electron chi connectivity index (χ3n) is 7.83. The van der Waals surface area contributed by atoms with Crippen molar-refractivity contribution < 1.29 is 37.1 Å². The number of hydrogen-bond acceptors (Lipinski definition) is 10. The number of esters is 2. The summed E-state index contributed by atoms with van der Waals surface area (Å²) in [7, 11) is 2.81. The number of anilines is 1. The first-order chi connectivity index (χ1) is 20.3. The molecule has 6 rings (SSSR count). The quantitative estimate of drug-likeness (QED) is 0.210. The topological polar surface area (TPSA) is 104 Å². The first-order valence-electron chi connectivity index (χ1n) is 13.8. The van der Waals surface area contributed by atoms with Crippen molar-refractivity contribution in [1.82, 2.24) is 10.1 Å². The molecule has 0 amide bonds. The summed E-state index contributed by atoms with van der Waals surface area (Å²) in [4.78, 5) is 32.8. The molecule has 0 radical (unpaired) electrons. The van der Waals surface area contributed by atoms with Gasteiger partial charge in [-0.05, 0) is 37.5 Å². The standard InChI is InChI=1S/C30H29F2N3O6S/c1-4-16-12-17(10-11-35(16)30-33-21-14-22(38-2)18(28(36)39-3)13-23(21)42-30)40-29(37)25-26(34-41-27(25)15-8-9-15)24-19(31)6-5-7-20(24)32/h5-7,13-17H,4,8-12H2,1-3H3/t16-,17-/m1/s1. The molecule has 2 aliphatic rings. The summed E-state index contributed by atoms with van der Waals surface area (Å²) in [6.45, 7) is 2.63. The van der Waals surface area contributed by atoms with Gasteiger partial charge in [-0.1, -0.05) is 29.5 Å². The van der Waals surface area contributed by atoms with E-state index in [-0.39, 0.29) is 23.2 Å². The molecule has 2 fully saturated rings. The van der Waals surface area contributed by atoms with Crippen molar-refractivity contribution in [3.63, 3.8) is 0 Å². The average molecular weight is 598 g/mol. The minimum atomic E-state index is -0.828. The zero-order valence-corrected chi connectivity index (χ0v) is 24.1. The van der Waals surface area contributed by atoms with Gasteiger partial charge in [-0.25, -0.2) is 23.4 Å². The highest BCUT2D eigenvalue weighted by molar-refractivity contribution is 7.22. The van der Waals surface area contributed by atoms with Gasteiger partial charge >= 0.3 is 11.9 Å². The van der Waals surface area contributed by atoms with Crippen LogP contribution in [0.5, 0.6) is 5.75 Å². The smallest absolute Gasteiger partial charge is 0.344 e. The number of carbonyl (C=O) groups is 2. The van der Waals surface area contributed by atoms with Crippen LogP contribution >= 0.6 is 11.3 Å². The van der Waals surface area contributed by atoms with Crippen LogP contribution in [0.15, 0.2) is 34.9 Å². The third-order valence-corrected chi connectivity index (χ3v) is 8.89. The van der Waals surface area contributed by atoms with Crippen LogP contribution < -0.4 is 9.64 Å². The van der Waals surface area contributed by atoms with Gasteiger partial charge in [0.05, 0.1) is 30.0 Å². The minimum Gasteiger partial charge on any atom is -0.496 e. The Labute approximate surface area is 244 Å². The van der Waals surface area contributed by atoms with E-state index in [0.717, 1.165) is 41.2 Å². The highest BCUT2D eigenvalue weighted by Gasteiger charge is 2.39. The molecule has 2 aromatic carbocycles. The Morgan fingerprint density at radius 3 is 2.55 bits per heavy atom. The predicted molar refractivity (Wildman–Crippen MR) is 151 cm³/mol. The lowest BCUT2D eigenvalue weighted by molar-refractivity contribution is 0.0206. The van der Waals surface area contributed by atoms with Crippen LogP contribution in [-0.4, -0.2) is 55.0 Å². The fourth-order valence-corrected chi connectivity index (χ4v) is 6.58. The largest absolute Gasteiger partial charge is 0.496 e. The van der Waals surface area contributed by atoms with Gasteiger partial charge in [0.15, 0.2) is 10.9 Å². The summed E-state index contributed by atoms with van der Waals surface area (Å²) >= 11 is 1.46. The maximum atomic E-state index is 14.7. The van der Waals surface area contributed by atoms with E-state index in [1.54, 1.807) is 12.1 Å². The number of ether oxygens (including phenoxy) is 3. The summed E-state index contributed by atoms with van der Waals surface area (Å²) < 4.78 is 51.8. The number of rotatable bonds is 8. The number of aromatic nitrogens is 2. The molecule has 0 spiro atoms. The number of nitrogens with zero attached hydrogens (tertiary/aromatic N) is 3. The van der Waals surface area contributed by atoms with Gasteiger partial charge in [-0.3, -0.25) is 0 Å². The normalized spacial score (nSPS) is 18.7. The molecule has 1 aliphatic carbocycles. The van der Waals surface area contributed by atoms with Crippen LogP contribution in [0.4, 0.5) is 13.9 Å². The number of piperidine rings is 1. The summed E-state index contributed by atoms with van der Waals surface area (Å²) in [6.07, 6.45) is 3.04. The highest BCUT2D eigenvalue weighted by Crippen LogP contribution is 2.45. The Kier molecular flexibility index (Phi) is 7.56. The van der Waals surface area contributed by atoms with Crippen molar-refractivity contribution in [3.8, 4) is 17.0 Å². The van der Waals surface area contributed by atoms with Gasteiger partial charge in [0.25, 0.3) is 0 Å². The van der Waals surface area contributed by atoms with Crippen LogP contribution in [0.25, 0.3) is 21.5 Å². The first kappa shape index (κ1) is 28.1. The van der Waals surface area contributed by atoms with Crippen LogP contribution in [0.3, 0.4) is 0 Å². The second-order valence-electron chi connectivity index (χ2n) is 10.5. The third kappa shape index (κ3) is 5.08. The van der Waals surface area contributed by atoms with Crippen molar-refractivity contribution in [2.45, 2.75) is 57.1 Å². The molecule has 1 saturated carbocycles. The van der Waals surface area contributed by atoms with E-state index in [1.807, 2.05) is 0 Å². The molecule has 3 heterocycles. The maximum absolute atomic E-state index is 14.7. The molecule has 220 valence electrons. The molecule has 1 saturated heterocycles. The SMILES string of the molecule is CC[C@@H]1C[C@H](OC(=O)c2c(-c3c(F)cccc3F)noc2C2CC2)CCN1c1nc2cc(OC)c(C(=O)OC)cc2s1. The fourth-order valence-electron chi connectivity index (χ4n) is 5.49. The van der Waals surface area contributed by atoms with E-state index < -0.39 is 35.2 Å². The summed E-state index contributed by atoms with van der Waals surface area (Å²) in [5.74, 6) is -2.15. The second kappa shape index (κ2) is 11.3. The zero-order valence-electron chi connectivity index (χ0n) is 23.3. The van der Waals surface area contributed by atoms with E-state index in [9.17, 15) is 18.4 Å². The number of benzene rings is 2. The Balaban J connectivity index is 1.23. The van der Waals surface area contributed by atoms with E-state index >= 15 is 0 Å². The number of thiazole rings is 1. The van der Waals surface area contributed by atoms with Crippen LogP contribution in [0, 0.1) is 11.6 Å². The van der Waals surface area contributed by atoms with Crippen LogP contribution in [-0.2, 0) is 9.47 Å². The molecular formula is C30H29F2N3O6S. The van der Waals surface area contributed by atoms with Gasteiger partial charge in [-0.2, -0.15) is 0 Å². The number of hydrogen-bond donors (Lipinski definition) is 0. The van der Waals surface area contributed by atoms with Crippen LogP contribution in [0.1, 0.15) is 71.4 Å². The lowest BCUT2D eigenvalue weighted by atomic mass is 9.97. The monoisotopic (exact) mass is 597 g/mol. The maximum Gasteiger partial charge on any atom is 0.344 e. The Morgan fingerprint density at radius 1 is 1.12 bits per heavy atom. The van der Waals surface area contributed by atoms with Crippen LogP contribution in [0.2, 0.25) is 0 Å². The number of halogens is 2. The van der Waals surface area contributed by atoms with Crippen molar-refractivity contribution in [2.75, 3.05) is 25.7 Å². The van der Waals surface area contributed by atoms with E-state index in [1.165, 1.54) is 31.6 Å². The highest BCUT2D eigenvalue weighted by atomic mass is 32.1. The molecule has 0 unspecified atom stereocenters. The van der Waals surface area contributed by atoms with Gasteiger partial charge in [-0.15, -0.1) is 0 Å². The number of fused-ring (bicyclic) bond motifs is 1. The van der Waals surface area contributed by atoms with E-state index in [4.69, 9.17) is 23.7 Å². The minimum absolute atomic E-state index is 0.00138. The molecule has 9 nitrogen and oxygen atoms in total. The molecule has 2 aromatic heterocycles. The van der Waals surface area contributed by atoms with E-state index in [0.29, 0.717) is 42.0 Å². The van der Waals surface area contributed by atoms with Crippen molar-refractivity contribution in [2.24, 2.45) is 0 Å². The molecule has 42 heavy (non-hydrogen) atoms. The summed E-state index contributed by atoms with van der Waals surface area (Å²) in [5, 5.41) is 4.70. The predicted octanol–water partition coefficient (Wildman–Crippen LogP) is 6.51. The number of carbonyl (C=O) groups excluding carboxylic acids is 2.